The summed E-state index contributed by atoms with van der Waals surface area (Å²) in [5.41, 5.74) is 1.42. The van der Waals surface area contributed by atoms with Gasteiger partial charge in [0.1, 0.15) is 0 Å². The molecule has 0 radical (unpaired) electrons. The van der Waals surface area contributed by atoms with E-state index in [4.69, 9.17) is 0 Å². The van der Waals surface area contributed by atoms with Gasteiger partial charge in [0.05, 0.1) is 11.6 Å². The highest BCUT2D eigenvalue weighted by Gasteiger charge is 2.31. The molecular weight excluding hydrogens is 232 g/mol. The first-order valence-electron chi connectivity index (χ1n) is 5.72. The third-order valence-electron chi connectivity index (χ3n) is 2.87. The van der Waals surface area contributed by atoms with Crippen LogP contribution < -0.4 is 10.6 Å². The maximum absolute atomic E-state index is 11.5. The van der Waals surface area contributed by atoms with Gasteiger partial charge in [0, 0.05) is 5.70 Å². The lowest BCUT2D eigenvalue weighted by Crippen LogP contribution is -2.45. The second-order valence-electron chi connectivity index (χ2n) is 3.99. The molecule has 1 atom stereocenters. The third kappa shape index (κ3) is 2.20. The maximum Gasteiger partial charge on any atom is 0.335 e. The Bertz CT molecular complexity index is 508. The topological polar surface area (TPSA) is 78.4 Å². The molecule has 94 valence electrons. The molecule has 1 unspecified atom stereocenters. The summed E-state index contributed by atoms with van der Waals surface area (Å²) in [6, 6.07) is 8.09. The van der Waals surface area contributed by atoms with Crippen molar-refractivity contribution in [2.45, 2.75) is 19.4 Å². The summed E-state index contributed by atoms with van der Waals surface area (Å²) in [6.45, 7) is 1.81. The lowest BCUT2D eigenvalue weighted by Gasteiger charge is -2.28. The molecule has 3 N–H and O–H groups in total. The van der Waals surface area contributed by atoms with Crippen LogP contribution in [0.3, 0.4) is 0 Å². The Hall–Kier alpha value is -2.30. The molecule has 0 fully saturated rings. The number of carbonyl (C=O) groups excluding carboxylic acids is 1. The van der Waals surface area contributed by atoms with Crippen LogP contribution in [-0.4, -0.2) is 17.1 Å². The van der Waals surface area contributed by atoms with Crippen molar-refractivity contribution in [3.05, 3.63) is 47.2 Å². The van der Waals surface area contributed by atoms with Crippen LogP contribution in [0, 0.1) is 0 Å². The molecule has 18 heavy (non-hydrogen) atoms. The zero-order valence-corrected chi connectivity index (χ0v) is 9.93. The average molecular weight is 246 g/mol. The number of carbonyl (C=O) groups is 2. The van der Waals surface area contributed by atoms with Crippen LogP contribution in [0.25, 0.3) is 0 Å². The second-order valence-corrected chi connectivity index (χ2v) is 3.99. The molecule has 1 aliphatic heterocycles. The molecule has 1 aliphatic rings. The fourth-order valence-corrected chi connectivity index (χ4v) is 2.04. The smallest absolute Gasteiger partial charge is 0.335 e. The summed E-state index contributed by atoms with van der Waals surface area (Å²) in [5.74, 6) is -1.02. The lowest BCUT2D eigenvalue weighted by molar-refractivity contribution is -0.133. The zero-order chi connectivity index (χ0) is 13.1. The van der Waals surface area contributed by atoms with E-state index in [0.29, 0.717) is 12.1 Å². The van der Waals surface area contributed by atoms with E-state index in [9.17, 15) is 14.7 Å². The fraction of sp³-hybridized carbons (Fsp3) is 0.231. The first-order valence-corrected chi connectivity index (χ1v) is 5.72. The van der Waals surface area contributed by atoms with Crippen molar-refractivity contribution >= 4 is 12.0 Å². The zero-order valence-electron chi connectivity index (χ0n) is 9.93. The number of rotatable bonds is 3. The molecule has 0 bridgehead atoms. The van der Waals surface area contributed by atoms with Crippen molar-refractivity contribution < 1.29 is 14.7 Å². The molecule has 0 aromatic heterocycles. The van der Waals surface area contributed by atoms with Crippen molar-refractivity contribution in [3.8, 4) is 0 Å². The number of aliphatic carboxylic acids is 1. The number of hydrogen-bond donors (Lipinski definition) is 3. The van der Waals surface area contributed by atoms with E-state index in [1.807, 2.05) is 25.1 Å². The minimum Gasteiger partial charge on any atom is -0.478 e. The number of urea groups is 1. The molecule has 0 aliphatic carbocycles. The van der Waals surface area contributed by atoms with Crippen LogP contribution in [0.15, 0.2) is 41.6 Å². The molecule has 2 rings (SSSR count). The molecule has 0 spiro atoms. The highest BCUT2D eigenvalue weighted by Crippen LogP contribution is 2.27. The minimum atomic E-state index is -1.02. The maximum atomic E-state index is 11.5. The fourth-order valence-electron chi connectivity index (χ4n) is 2.04. The summed E-state index contributed by atoms with van der Waals surface area (Å²) < 4.78 is 0. The Morgan fingerprint density at radius 3 is 2.56 bits per heavy atom. The van der Waals surface area contributed by atoms with Crippen LogP contribution >= 0.6 is 0 Å². The van der Waals surface area contributed by atoms with Gasteiger partial charge in [0.2, 0.25) is 0 Å². The quantitative estimate of drug-likeness (QED) is 0.760. The highest BCUT2D eigenvalue weighted by molar-refractivity contribution is 5.93. The van der Waals surface area contributed by atoms with Crippen LogP contribution in [0.4, 0.5) is 4.79 Å². The van der Waals surface area contributed by atoms with E-state index in [2.05, 4.69) is 10.6 Å². The van der Waals surface area contributed by atoms with Gasteiger partial charge in [-0.05, 0) is 12.0 Å². The number of carboxylic acids is 1. The van der Waals surface area contributed by atoms with Gasteiger partial charge >= 0.3 is 12.0 Å². The van der Waals surface area contributed by atoms with Gasteiger partial charge in [-0.1, -0.05) is 37.3 Å². The molecule has 5 nitrogen and oxygen atoms in total. The van der Waals surface area contributed by atoms with Crippen molar-refractivity contribution in [3.63, 3.8) is 0 Å². The first-order chi connectivity index (χ1) is 8.63. The molecule has 0 saturated heterocycles. The van der Waals surface area contributed by atoms with Crippen LogP contribution in [0.5, 0.6) is 0 Å². The Labute approximate surface area is 105 Å². The lowest BCUT2D eigenvalue weighted by atomic mass is 9.94. The van der Waals surface area contributed by atoms with Crippen molar-refractivity contribution in [1.29, 1.82) is 0 Å². The molecule has 1 aromatic rings. The predicted octanol–water partition coefficient (Wildman–Crippen LogP) is 1.79. The summed E-state index contributed by atoms with van der Waals surface area (Å²) in [6.07, 6.45) is 0.471. The molecule has 0 saturated carbocycles. The number of nitrogens with one attached hydrogen (secondary N) is 2. The van der Waals surface area contributed by atoms with Crippen LogP contribution in [0.1, 0.15) is 24.9 Å². The number of amides is 2. The van der Waals surface area contributed by atoms with Crippen LogP contribution in [0.2, 0.25) is 0 Å². The van der Waals surface area contributed by atoms with Gasteiger partial charge in [-0.2, -0.15) is 0 Å². The number of carboxylic acid groups (broad SMARTS) is 1. The van der Waals surface area contributed by atoms with Gasteiger partial charge in [-0.3, -0.25) is 0 Å². The summed E-state index contributed by atoms with van der Waals surface area (Å²) in [4.78, 5) is 22.9. The first kappa shape index (κ1) is 12.2. The Kier molecular flexibility index (Phi) is 3.32. The van der Waals surface area contributed by atoms with E-state index in [1.54, 1.807) is 12.1 Å². The molecule has 1 aromatic carbocycles. The van der Waals surface area contributed by atoms with E-state index < -0.39 is 12.0 Å². The monoisotopic (exact) mass is 246 g/mol. The van der Waals surface area contributed by atoms with E-state index in [-0.39, 0.29) is 11.6 Å². The minimum absolute atomic E-state index is 0.198. The molecule has 5 heteroatoms. The Balaban J connectivity index is 2.50. The summed E-state index contributed by atoms with van der Waals surface area (Å²) in [5, 5.41) is 14.5. The van der Waals surface area contributed by atoms with Gasteiger partial charge in [-0.15, -0.1) is 0 Å². The molecule has 1 heterocycles. The Morgan fingerprint density at radius 1 is 1.33 bits per heavy atom. The van der Waals surface area contributed by atoms with Crippen molar-refractivity contribution in [1.82, 2.24) is 10.6 Å². The third-order valence-corrected chi connectivity index (χ3v) is 2.87. The SMILES string of the molecule is CCC1=C(C(=O)O)C(c2ccccc2)NC(=O)N1. The molecule has 2 amide bonds. The summed E-state index contributed by atoms with van der Waals surface area (Å²) >= 11 is 0. The normalized spacial score (nSPS) is 19.2. The van der Waals surface area contributed by atoms with E-state index in [0.717, 1.165) is 5.56 Å². The number of hydrogen-bond acceptors (Lipinski definition) is 2. The van der Waals surface area contributed by atoms with Crippen molar-refractivity contribution in [2.75, 3.05) is 0 Å². The second kappa shape index (κ2) is 4.91. The van der Waals surface area contributed by atoms with Gasteiger partial charge in [-0.25, -0.2) is 9.59 Å². The van der Waals surface area contributed by atoms with E-state index in [1.165, 1.54) is 0 Å². The van der Waals surface area contributed by atoms with Gasteiger partial charge < -0.3 is 15.7 Å². The predicted molar refractivity (Wildman–Crippen MR) is 65.8 cm³/mol. The highest BCUT2D eigenvalue weighted by atomic mass is 16.4. The van der Waals surface area contributed by atoms with Gasteiger partial charge in [0.25, 0.3) is 0 Å². The largest absolute Gasteiger partial charge is 0.478 e. The van der Waals surface area contributed by atoms with E-state index >= 15 is 0 Å². The van der Waals surface area contributed by atoms with Gasteiger partial charge in [0.15, 0.2) is 0 Å². The molecular formula is C13H14N2O3. The number of allylic oxidation sites excluding steroid dienone is 1. The van der Waals surface area contributed by atoms with Crippen LogP contribution in [-0.2, 0) is 4.79 Å². The Morgan fingerprint density at radius 2 is 2.00 bits per heavy atom. The average Bonchev–Trinajstić information content (AvgIpc) is 2.38. The van der Waals surface area contributed by atoms with Crippen molar-refractivity contribution in [2.24, 2.45) is 0 Å². The summed E-state index contributed by atoms with van der Waals surface area (Å²) in [7, 11) is 0. The standard InChI is InChI=1S/C13H14N2O3/c1-2-9-10(12(16)17)11(15-13(18)14-9)8-6-4-3-5-7-8/h3-7,11H,2H2,1H3,(H,16,17)(H2,14,15,18). The number of benzene rings is 1.